The van der Waals surface area contributed by atoms with Gasteiger partial charge in [-0.05, 0) is 30.3 Å². The molecule has 0 saturated carbocycles. The van der Waals surface area contributed by atoms with Crippen LogP contribution in [-0.4, -0.2) is 28.8 Å². The van der Waals surface area contributed by atoms with Crippen LogP contribution in [0.1, 0.15) is 22.0 Å². The molecule has 3 rings (SSSR count). The number of carbonyl (C=O) groups is 2. The van der Waals surface area contributed by atoms with Crippen molar-refractivity contribution in [3.63, 3.8) is 0 Å². The van der Waals surface area contributed by atoms with Gasteiger partial charge in [0.2, 0.25) is 5.72 Å². The zero-order valence-electron chi connectivity index (χ0n) is 13.9. The third kappa shape index (κ3) is 3.43. The molecular formula is C18H13ClF4N2O3. The monoisotopic (exact) mass is 416 g/mol. The van der Waals surface area contributed by atoms with Gasteiger partial charge in [0, 0.05) is 16.1 Å². The van der Waals surface area contributed by atoms with Crippen molar-refractivity contribution >= 4 is 23.4 Å². The molecule has 28 heavy (non-hydrogen) atoms. The van der Waals surface area contributed by atoms with Crippen LogP contribution in [0.5, 0.6) is 0 Å². The summed E-state index contributed by atoms with van der Waals surface area (Å²) in [5, 5.41) is 14.1. The van der Waals surface area contributed by atoms with Gasteiger partial charge in [-0.25, -0.2) is 9.18 Å². The molecule has 2 aromatic carbocycles. The van der Waals surface area contributed by atoms with E-state index in [2.05, 4.69) is 5.32 Å². The van der Waals surface area contributed by atoms with E-state index < -0.39 is 41.5 Å². The van der Waals surface area contributed by atoms with E-state index in [9.17, 15) is 32.3 Å². The largest absolute Gasteiger partial charge is 0.437 e. The van der Waals surface area contributed by atoms with Crippen molar-refractivity contribution in [1.29, 1.82) is 0 Å². The molecular weight excluding hydrogens is 404 g/mol. The van der Waals surface area contributed by atoms with E-state index in [1.165, 1.54) is 41.7 Å². The van der Waals surface area contributed by atoms with Gasteiger partial charge in [0.1, 0.15) is 11.7 Å². The molecule has 10 heteroatoms. The van der Waals surface area contributed by atoms with Crippen LogP contribution in [0.15, 0.2) is 48.5 Å². The van der Waals surface area contributed by atoms with E-state index in [4.69, 9.17) is 11.6 Å². The molecule has 1 aliphatic heterocycles. The fourth-order valence-corrected chi connectivity index (χ4v) is 3.25. The first kappa shape index (κ1) is 20.1. The van der Waals surface area contributed by atoms with Gasteiger partial charge in [-0.15, -0.1) is 0 Å². The maximum absolute atomic E-state index is 14.3. The van der Waals surface area contributed by atoms with E-state index >= 15 is 0 Å². The van der Waals surface area contributed by atoms with Crippen LogP contribution in [0.4, 0.5) is 22.4 Å². The highest BCUT2D eigenvalue weighted by Gasteiger charge is 2.66. The van der Waals surface area contributed by atoms with Gasteiger partial charge in [0.05, 0.1) is 6.04 Å². The molecule has 0 bridgehead atoms. The number of halogens is 5. The minimum atomic E-state index is -5.42. The summed E-state index contributed by atoms with van der Waals surface area (Å²) in [5.74, 6) is -4.39. The lowest BCUT2D eigenvalue weighted by Crippen LogP contribution is -2.72. The Morgan fingerprint density at radius 2 is 1.71 bits per heavy atom. The highest BCUT2D eigenvalue weighted by atomic mass is 35.5. The molecule has 0 aromatic heterocycles. The summed E-state index contributed by atoms with van der Waals surface area (Å²) >= 11 is 5.74. The van der Waals surface area contributed by atoms with E-state index in [-0.39, 0.29) is 16.1 Å². The molecule has 1 heterocycles. The van der Waals surface area contributed by atoms with Crippen LogP contribution in [0.3, 0.4) is 0 Å². The van der Waals surface area contributed by atoms with Gasteiger partial charge >= 0.3 is 12.2 Å². The molecule has 2 aromatic rings. The molecule has 3 N–H and O–H groups in total. The summed E-state index contributed by atoms with van der Waals surface area (Å²) in [6.07, 6.45) is -5.42. The summed E-state index contributed by atoms with van der Waals surface area (Å²) in [7, 11) is 0. The van der Waals surface area contributed by atoms with Gasteiger partial charge in [0.15, 0.2) is 5.78 Å². The van der Waals surface area contributed by atoms with E-state index in [0.717, 1.165) is 12.1 Å². The Bertz CT molecular complexity index is 920. The van der Waals surface area contributed by atoms with Gasteiger partial charge in [-0.1, -0.05) is 29.8 Å². The normalized spacial score (nSPS) is 25.0. The van der Waals surface area contributed by atoms with Crippen LogP contribution in [-0.2, 0) is 0 Å². The zero-order valence-corrected chi connectivity index (χ0v) is 14.7. The second-order valence-corrected chi connectivity index (χ2v) is 6.65. The summed E-state index contributed by atoms with van der Waals surface area (Å²) in [5.41, 5.74) is -4.48. The topological polar surface area (TPSA) is 78.4 Å². The van der Waals surface area contributed by atoms with E-state index in [1.54, 1.807) is 0 Å². The number of aliphatic hydroxyl groups is 1. The first-order chi connectivity index (χ1) is 13.0. The summed E-state index contributed by atoms with van der Waals surface area (Å²) in [6, 6.07) is 6.49. The number of benzene rings is 2. The number of alkyl halides is 3. The van der Waals surface area contributed by atoms with Crippen molar-refractivity contribution in [2.45, 2.75) is 17.9 Å². The molecule has 0 aliphatic carbocycles. The Morgan fingerprint density at radius 3 is 2.29 bits per heavy atom. The van der Waals surface area contributed by atoms with Crippen molar-refractivity contribution < 1.29 is 32.3 Å². The highest BCUT2D eigenvalue weighted by molar-refractivity contribution is 6.30. The summed E-state index contributed by atoms with van der Waals surface area (Å²) in [4.78, 5) is 24.8. The smallest absolute Gasteiger partial charge is 0.363 e. The lowest BCUT2D eigenvalue weighted by molar-refractivity contribution is -0.287. The van der Waals surface area contributed by atoms with Gasteiger partial charge in [-0.3, -0.25) is 4.79 Å². The molecule has 1 saturated heterocycles. The number of amides is 2. The SMILES string of the molecule is O=C1N[C@@H](c2ccccc2F)[C@H](C(=O)c2ccc(Cl)cc2)[C@@](O)(C(F)(F)F)N1. The average molecular weight is 417 g/mol. The molecule has 5 nitrogen and oxygen atoms in total. The van der Waals surface area contributed by atoms with Crippen molar-refractivity contribution in [3.05, 3.63) is 70.5 Å². The number of ketones is 1. The van der Waals surface area contributed by atoms with Crippen LogP contribution < -0.4 is 10.6 Å². The molecule has 0 unspecified atom stereocenters. The lowest BCUT2D eigenvalue weighted by atomic mass is 9.77. The highest BCUT2D eigenvalue weighted by Crippen LogP contribution is 2.44. The summed E-state index contributed by atoms with van der Waals surface area (Å²) in [6.45, 7) is 0. The Labute approximate surface area is 161 Å². The van der Waals surface area contributed by atoms with E-state index in [0.29, 0.717) is 0 Å². The first-order valence-electron chi connectivity index (χ1n) is 7.96. The Hall–Kier alpha value is -2.65. The second kappa shape index (κ2) is 7.06. The van der Waals surface area contributed by atoms with Gasteiger partial charge < -0.3 is 15.7 Å². The van der Waals surface area contributed by atoms with Crippen LogP contribution >= 0.6 is 11.6 Å². The number of hydrogen-bond donors (Lipinski definition) is 3. The van der Waals surface area contributed by atoms with Crippen molar-refractivity contribution in [1.82, 2.24) is 10.6 Å². The van der Waals surface area contributed by atoms with Crippen LogP contribution in [0, 0.1) is 11.7 Å². The quantitative estimate of drug-likeness (QED) is 0.528. The summed E-state index contributed by atoms with van der Waals surface area (Å²) < 4.78 is 55.4. The average Bonchev–Trinajstić information content (AvgIpc) is 2.60. The molecule has 2 amide bonds. The molecule has 148 valence electrons. The third-order valence-electron chi connectivity index (χ3n) is 4.46. The second-order valence-electron chi connectivity index (χ2n) is 6.21. The number of Topliss-reactive ketones (excluding diaryl/α,β-unsaturated/α-hetero) is 1. The van der Waals surface area contributed by atoms with Crippen LogP contribution in [0.2, 0.25) is 5.02 Å². The minimum Gasteiger partial charge on any atom is -0.363 e. The Balaban J connectivity index is 2.18. The predicted octanol–water partition coefficient (Wildman–Crippen LogP) is 3.58. The number of carbonyl (C=O) groups excluding carboxylic acids is 2. The fourth-order valence-electron chi connectivity index (χ4n) is 3.12. The van der Waals surface area contributed by atoms with Crippen molar-refractivity contribution in [3.8, 4) is 0 Å². The molecule has 0 spiro atoms. The molecule has 1 aliphatic rings. The maximum Gasteiger partial charge on any atom is 0.437 e. The van der Waals surface area contributed by atoms with Gasteiger partial charge in [0.25, 0.3) is 0 Å². The minimum absolute atomic E-state index is 0.198. The zero-order chi connectivity index (χ0) is 20.7. The van der Waals surface area contributed by atoms with Crippen molar-refractivity contribution in [2.75, 3.05) is 0 Å². The van der Waals surface area contributed by atoms with E-state index in [1.807, 2.05) is 0 Å². The number of urea groups is 1. The maximum atomic E-state index is 14.3. The van der Waals surface area contributed by atoms with Crippen molar-refractivity contribution in [2.24, 2.45) is 5.92 Å². The third-order valence-corrected chi connectivity index (χ3v) is 4.71. The molecule has 3 atom stereocenters. The first-order valence-corrected chi connectivity index (χ1v) is 8.34. The number of hydrogen-bond acceptors (Lipinski definition) is 3. The van der Waals surface area contributed by atoms with Crippen LogP contribution in [0.25, 0.3) is 0 Å². The fraction of sp³-hybridized carbons (Fsp3) is 0.222. The Kier molecular flexibility index (Phi) is 5.07. The lowest BCUT2D eigenvalue weighted by Gasteiger charge is -2.45. The predicted molar refractivity (Wildman–Crippen MR) is 91.1 cm³/mol. The van der Waals surface area contributed by atoms with Gasteiger partial charge in [-0.2, -0.15) is 13.2 Å². The molecule has 1 fully saturated rings. The standard InChI is InChI=1S/C18H13ClF4N2O3/c19-10-7-5-9(6-8-10)15(26)13-14(11-3-1-2-4-12(11)20)24-16(27)25-17(13,28)18(21,22)23/h1-8,13-14,28H,(H2,24,25,27)/t13-,14+,17-/m1/s1. The number of rotatable bonds is 3. The Morgan fingerprint density at radius 1 is 1.11 bits per heavy atom. The number of nitrogens with one attached hydrogen (secondary N) is 2. The molecule has 0 radical (unpaired) electrons.